The molecule has 1 N–H and O–H groups in total. The zero-order valence-electron chi connectivity index (χ0n) is 17.4. The molecule has 30 heavy (non-hydrogen) atoms. The highest BCUT2D eigenvalue weighted by Crippen LogP contribution is 2.42. The van der Waals surface area contributed by atoms with Crippen LogP contribution in [-0.2, 0) is 20.1 Å². The van der Waals surface area contributed by atoms with E-state index in [2.05, 4.69) is 16.2 Å². The van der Waals surface area contributed by atoms with E-state index in [4.69, 9.17) is 0 Å². The number of halogens is 1. The van der Waals surface area contributed by atoms with Crippen LogP contribution in [0.1, 0.15) is 36.9 Å². The van der Waals surface area contributed by atoms with Gasteiger partial charge in [0.2, 0.25) is 0 Å². The summed E-state index contributed by atoms with van der Waals surface area (Å²) >= 11 is 0. The van der Waals surface area contributed by atoms with Crippen LogP contribution in [0.2, 0.25) is 0 Å². The van der Waals surface area contributed by atoms with E-state index in [0.29, 0.717) is 12.8 Å². The predicted molar refractivity (Wildman–Crippen MR) is 113 cm³/mol. The van der Waals surface area contributed by atoms with Gasteiger partial charge in [-0.25, -0.2) is 9.07 Å². The molecule has 0 amide bonds. The van der Waals surface area contributed by atoms with E-state index in [1.54, 1.807) is 12.1 Å². The summed E-state index contributed by atoms with van der Waals surface area (Å²) in [6.07, 6.45) is 5.38. The second-order valence-electron chi connectivity index (χ2n) is 9.09. The van der Waals surface area contributed by atoms with Gasteiger partial charge in [-0.05, 0) is 62.4 Å². The number of benzene rings is 1. The van der Waals surface area contributed by atoms with Crippen molar-refractivity contribution in [1.82, 2.24) is 19.2 Å². The lowest BCUT2D eigenvalue weighted by atomic mass is 9.85. The Hall–Kier alpha value is -2.51. The van der Waals surface area contributed by atoms with Gasteiger partial charge in [-0.1, -0.05) is 0 Å². The quantitative estimate of drug-likeness (QED) is 0.719. The summed E-state index contributed by atoms with van der Waals surface area (Å²) in [7, 11) is 1.99. The number of nitrogens with zero attached hydrogens (tertiary/aromatic N) is 4. The van der Waals surface area contributed by atoms with Crippen molar-refractivity contribution < 1.29 is 9.50 Å². The lowest BCUT2D eigenvalue weighted by molar-refractivity contribution is -0.0677. The van der Waals surface area contributed by atoms with Crippen molar-refractivity contribution in [3.05, 3.63) is 64.0 Å². The van der Waals surface area contributed by atoms with Gasteiger partial charge in [-0.15, -0.1) is 0 Å². The first-order valence-corrected chi connectivity index (χ1v) is 10.6. The van der Waals surface area contributed by atoms with Gasteiger partial charge in [0.1, 0.15) is 5.82 Å². The maximum Gasteiger partial charge on any atom is 0.266 e. The maximum absolute atomic E-state index is 13.9. The molecule has 7 heteroatoms. The van der Waals surface area contributed by atoms with Crippen LogP contribution in [0, 0.1) is 12.7 Å². The Kier molecular flexibility index (Phi) is 4.56. The first-order valence-electron chi connectivity index (χ1n) is 10.6. The second kappa shape index (κ2) is 7.03. The van der Waals surface area contributed by atoms with Crippen molar-refractivity contribution in [2.24, 2.45) is 7.05 Å². The predicted octanol–water partition coefficient (Wildman–Crippen LogP) is 2.74. The van der Waals surface area contributed by atoms with Gasteiger partial charge in [0.25, 0.3) is 5.56 Å². The zero-order valence-corrected chi connectivity index (χ0v) is 17.4. The van der Waals surface area contributed by atoms with Gasteiger partial charge in [0, 0.05) is 48.8 Å². The lowest BCUT2D eigenvalue weighted by Crippen LogP contribution is -2.53. The van der Waals surface area contributed by atoms with E-state index >= 15 is 0 Å². The van der Waals surface area contributed by atoms with Gasteiger partial charge >= 0.3 is 0 Å². The van der Waals surface area contributed by atoms with Crippen LogP contribution < -0.4 is 5.56 Å². The summed E-state index contributed by atoms with van der Waals surface area (Å²) in [4.78, 5) is 14.6. The molecule has 3 aromatic rings. The fraction of sp³-hybridized carbons (Fsp3) is 0.478. The molecule has 5 rings (SSSR count). The number of fused-ring (bicyclic) bond motifs is 3. The molecule has 2 atom stereocenters. The number of hydrogen-bond donors (Lipinski definition) is 1. The van der Waals surface area contributed by atoms with Gasteiger partial charge in [0.05, 0.1) is 17.8 Å². The van der Waals surface area contributed by atoms with E-state index in [9.17, 15) is 14.3 Å². The Morgan fingerprint density at radius 2 is 1.93 bits per heavy atom. The molecule has 6 nitrogen and oxygen atoms in total. The maximum atomic E-state index is 13.9. The molecular formula is C23H27FN4O2. The van der Waals surface area contributed by atoms with Crippen molar-refractivity contribution in [2.75, 3.05) is 0 Å². The minimum Gasteiger partial charge on any atom is -0.388 e. The second-order valence-corrected chi connectivity index (χ2v) is 9.09. The summed E-state index contributed by atoms with van der Waals surface area (Å²) in [6.45, 7) is 2.82. The third kappa shape index (κ3) is 3.36. The van der Waals surface area contributed by atoms with E-state index in [1.165, 1.54) is 16.8 Å². The molecule has 0 saturated carbocycles. The third-order valence-electron chi connectivity index (χ3n) is 6.83. The molecule has 2 aromatic heterocycles. The van der Waals surface area contributed by atoms with Crippen LogP contribution in [0.25, 0.3) is 10.9 Å². The molecule has 2 aliphatic rings. The van der Waals surface area contributed by atoms with Crippen molar-refractivity contribution in [3.8, 4) is 0 Å². The molecule has 4 heterocycles. The first kappa shape index (κ1) is 19.5. The molecule has 2 bridgehead atoms. The van der Waals surface area contributed by atoms with Crippen LogP contribution in [0.5, 0.6) is 0 Å². The van der Waals surface area contributed by atoms with E-state index in [1.807, 2.05) is 24.6 Å². The van der Waals surface area contributed by atoms with Crippen molar-refractivity contribution in [2.45, 2.75) is 63.4 Å². The fourth-order valence-corrected chi connectivity index (χ4v) is 5.51. The SMILES string of the molecule is Cc1ccc(=O)n(CC2(O)C[C@@H]3CC[C@@H](C2)N3Cc2cn(C)c3ccc(F)cc23)n1. The summed E-state index contributed by atoms with van der Waals surface area (Å²) < 4.78 is 17.3. The molecule has 0 unspecified atom stereocenters. The number of aromatic nitrogens is 3. The topological polar surface area (TPSA) is 63.3 Å². The molecule has 2 saturated heterocycles. The molecule has 2 fully saturated rings. The largest absolute Gasteiger partial charge is 0.388 e. The van der Waals surface area contributed by atoms with Crippen LogP contribution >= 0.6 is 0 Å². The number of aliphatic hydroxyl groups is 1. The normalized spacial score (nSPS) is 26.5. The Morgan fingerprint density at radius 3 is 2.67 bits per heavy atom. The summed E-state index contributed by atoms with van der Waals surface area (Å²) in [5, 5.41) is 16.6. The van der Waals surface area contributed by atoms with Crippen molar-refractivity contribution >= 4 is 10.9 Å². The molecule has 2 aliphatic heterocycles. The molecule has 158 valence electrons. The van der Waals surface area contributed by atoms with Gasteiger partial charge < -0.3 is 9.67 Å². The van der Waals surface area contributed by atoms with Crippen LogP contribution in [0.4, 0.5) is 4.39 Å². The molecule has 0 radical (unpaired) electrons. The van der Waals surface area contributed by atoms with Gasteiger partial charge in [0.15, 0.2) is 0 Å². The standard InChI is InChI=1S/C23H27FN4O2/c1-15-3-8-22(29)28(25-15)14-23(30)10-18-5-6-19(11-23)27(18)13-16-12-26(2)21-7-4-17(24)9-20(16)21/h3-4,7-9,12,18-19,30H,5-6,10-11,13-14H2,1-2H3/t18-,19-/m0/s1. The van der Waals surface area contributed by atoms with Gasteiger partial charge in [-0.2, -0.15) is 5.10 Å². The highest BCUT2D eigenvalue weighted by molar-refractivity contribution is 5.84. The summed E-state index contributed by atoms with van der Waals surface area (Å²) in [5.74, 6) is -0.220. The highest BCUT2D eigenvalue weighted by Gasteiger charge is 2.47. The average Bonchev–Trinajstić information content (AvgIpc) is 3.12. The summed E-state index contributed by atoms with van der Waals surface area (Å²) in [6, 6.07) is 8.64. The lowest BCUT2D eigenvalue weighted by Gasteiger charge is -2.43. The smallest absolute Gasteiger partial charge is 0.266 e. The Bertz CT molecular complexity index is 1150. The van der Waals surface area contributed by atoms with Crippen LogP contribution in [0.15, 0.2) is 41.3 Å². The van der Waals surface area contributed by atoms with E-state index < -0.39 is 5.60 Å². The van der Waals surface area contributed by atoms with Crippen LogP contribution in [0.3, 0.4) is 0 Å². The van der Waals surface area contributed by atoms with E-state index in [-0.39, 0.29) is 30.0 Å². The Morgan fingerprint density at radius 1 is 1.20 bits per heavy atom. The number of hydrogen-bond acceptors (Lipinski definition) is 4. The summed E-state index contributed by atoms with van der Waals surface area (Å²) in [5.41, 5.74) is 1.80. The molecular weight excluding hydrogens is 383 g/mol. The van der Waals surface area contributed by atoms with E-state index in [0.717, 1.165) is 41.5 Å². The Labute approximate surface area is 174 Å². The van der Waals surface area contributed by atoms with Crippen molar-refractivity contribution in [3.63, 3.8) is 0 Å². The number of rotatable bonds is 4. The number of piperidine rings is 1. The molecule has 1 aromatic carbocycles. The van der Waals surface area contributed by atoms with Crippen molar-refractivity contribution in [1.29, 1.82) is 0 Å². The average molecular weight is 410 g/mol. The van der Waals surface area contributed by atoms with Crippen LogP contribution in [-0.4, -0.2) is 42.0 Å². The minimum atomic E-state index is -0.933. The monoisotopic (exact) mass is 410 g/mol. The zero-order chi connectivity index (χ0) is 21.0. The Balaban J connectivity index is 1.38. The first-order chi connectivity index (χ1) is 14.3. The minimum absolute atomic E-state index is 0.179. The highest BCUT2D eigenvalue weighted by atomic mass is 19.1. The number of aryl methyl sites for hydroxylation is 2. The van der Waals surface area contributed by atoms with Gasteiger partial charge in [-0.3, -0.25) is 9.69 Å². The fourth-order valence-electron chi connectivity index (χ4n) is 5.51. The molecule has 0 aliphatic carbocycles. The molecule has 0 spiro atoms. The third-order valence-corrected chi connectivity index (χ3v) is 6.83.